The molecule has 3 N–H and O–H groups in total. The van der Waals surface area contributed by atoms with Crippen LogP contribution in [-0.2, 0) is 0 Å². The van der Waals surface area contributed by atoms with E-state index in [0.717, 1.165) is 37.5 Å². The highest BCUT2D eigenvalue weighted by molar-refractivity contribution is 5.94. The predicted octanol–water partition coefficient (Wildman–Crippen LogP) is 1.77. The summed E-state index contributed by atoms with van der Waals surface area (Å²) in [5, 5.41) is 13.2. The fraction of sp³-hybridized carbons (Fsp3) is 0.417. The molecule has 0 aliphatic heterocycles. The summed E-state index contributed by atoms with van der Waals surface area (Å²) in [6.45, 7) is 0.288. The minimum atomic E-state index is -0.814. The standard InChI is InChI=1S/C12H14FN3O3.ClH/c13-9-4-8(5-10(6-9)16(18)19)11(17)15-7-12(14)2-1-3-12;/h4-6H,1-3,7,14H2,(H,15,17);1H. The fourth-order valence-corrected chi connectivity index (χ4v) is 1.98. The first-order valence-corrected chi connectivity index (χ1v) is 5.92. The van der Waals surface area contributed by atoms with E-state index in [4.69, 9.17) is 5.73 Å². The summed E-state index contributed by atoms with van der Waals surface area (Å²) in [5.41, 5.74) is 5.02. The average Bonchev–Trinajstić information content (AvgIpc) is 2.32. The summed E-state index contributed by atoms with van der Waals surface area (Å²) in [6, 6.07) is 2.78. The highest BCUT2D eigenvalue weighted by Crippen LogP contribution is 2.28. The van der Waals surface area contributed by atoms with Crippen molar-refractivity contribution in [1.82, 2.24) is 5.32 Å². The van der Waals surface area contributed by atoms with Crippen LogP contribution in [0.1, 0.15) is 29.6 Å². The van der Waals surface area contributed by atoms with Crippen LogP contribution in [0, 0.1) is 15.9 Å². The third-order valence-corrected chi connectivity index (χ3v) is 3.31. The van der Waals surface area contributed by atoms with Gasteiger partial charge in [-0.2, -0.15) is 0 Å². The lowest BCUT2D eigenvalue weighted by Gasteiger charge is -2.38. The quantitative estimate of drug-likeness (QED) is 0.654. The summed E-state index contributed by atoms with van der Waals surface area (Å²) in [5.74, 6) is -1.37. The fourth-order valence-electron chi connectivity index (χ4n) is 1.98. The molecule has 0 unspecified atom stereocenters. The van der Waals surface area contributed by atoms with Crippen molar-refractivity contribution in [3.8, 4) is 0 Å². The summed E-state index contributed by atoms with van der Waals surface area (Å²) in [4.78, 5) is 21.7. The number of non-ortho nitro benzene ring substituents is 1. The highest BCUT2D eigenvalue weighted by Gasteiger charge is 2.32. The molecule has 110 valence electrons. The molecule has 0 radical (unpaired) electrons. The Kier molecular flexibility index (Phi) is 5.02. The maximum Gasteiger partial charge on any atom is 0.273 e. The van der Waals surface area contributed by atoms with Gasteiger partial charge in [-0.05, 0) is 25.3 Å². The lowest BCUT2D eigenvalue weighted by Crippen LogP contribution is -2.54. The SMILES string of the molecule is Cl.NC1(CNC(=O)c2cc(F)cc([N+](=O)[O-])c2)CCC1. The van der Waals surface area contributed by atoms with Crippen molar-refractivity contribution in [2.45, 2.75) is 24.8 Å². The number of hydrogen-bond donors (Lipinski definition) is 2. The lowest BCUT2D eigenvalue weighted by atomic mass is 9.78. The maximum atomic E-state index is 13.2. The molecule has 8 heteroatoms. The molecule has 1 aromatic rings. The van der Waals surface area contributed by atoms with Crippen LogP contribution in [0.25, 0.3) is 0 Å². The van der Waals surface area contributed by atoms with Gasteiger partial charge in [-0.3, -0.25) is 14.9 Å². The summed E-state index contributed by atoms with van der Waals surface area (Å²) in [6.07, 6.45) is 2.69. The van der Waals surface area contributed by atoms with Gasteiger partial charge < -0.3 is 11.1 Å². The maximum absolute atomic E-state index is 13.2. The van der Waals surface area contributed by atoms with E-state index in [9.17, 15) is 19.3 Å². The normalized spacial score (nSPS) is 15.7. The van der Waals surface area contributed by atoms with Crippen LogP contribution in [0.2, 0.25) is 0 Å². The smallest absolute Gasteiger partial charge is 0.273 e. The molecule has 1 fully saturated rings. The highest BCUT2D eigenvalue weighted by atomic mass is 35.5. The first kappa shape index (κ1) is 16.3. The van der Waals surface area contributed by atoms with Gasteiger partial charge in [0.2, 0.25) is 0 Å². The molecule has 1 aliphatic carbocycles. The van der Waals surface area contributed by atoms with Gasteiger partial charge in [0.1, 0.15) is 5.82 Å². The molecule has 0 heterocycles. The molecule has 1 aromatic carbocycles. The van der Waals surface area contributed by atoms with Gasteiger partial charge in [-0.1, -0.05) is 0 Å². The Morgan fingerprint density at radius 3 is 2.60 bits per heavy atom. The molecule has 20 heavy (non-hydrogen) atoms. The topological polar surface area (TPSA) is 98.3 Å². The summed E-state index contributed by atoms with van der Waals surface area (Å²) >= 11 is 0. The number of nitrogens with one attached hydrogen (secondary N) is 1. The molecular formula is C12H15ClFN3O3. The molecule has 0 spiro atoms. The number of carbonyl (C=O) groups is 1. The predicted molar refractivity (Wildman–Crippen MR) is 73.4 cm³/mol. The van der Waals surface area contributed by atoms with Crippen molar-refractivity contribution >= 4 is 24.0 Å². The second kappa shape index (κ2) is 6.15. The van der Waals surface area contributed by atoms with Crippen molar-refractivity contribution in [2.24, 2.45) is 5.73 Å². The van der Waals surface area contributed by atoms with Gasteiger partial charge >= 0.3 is 0 Å². The van der Waals surface area contributed by atoms with Crippen molar-refractivity contribution in [2.75, 3.05) is 6.54 Å². The molecule has 1 amide bonds. The number of halogens is 2. The van der Waals surface area contributed by atoms with Gasteiger partial charge in [-0.25, -0.2) is 4.39 Å². The van der Waals surface area contributed by atoms with Crippen LogP contribution in [0.15, 0.2) is 18.2 Å². The number of amides is 1. The molecule has 0 atom stereocenters. The second-order valence-corrected chi connectivity index (χ2v) is 4.85. The number of hydrogen-bond acceptors (Lipinski definition) is 4. The number of nitrogens with zero attached hydrogens (tertiary/aromatic N) is 1. The Bertz CT molecular complexity index is 535. The van der Waals surface area contributed by atoms with Crippen LogP contribution in [0.4, 0.5) is 10.1 Å². The van der Waals surface area contributed by atoms with Gasteiger partial charge in [0.15, 0.2) is 0 Å². The van der Waals surface area contributed by atoms with E-state index in [1.165, 1.54) is 0 Å². The van der Waals surface area contributed by atoms with Crippen LogP contribution in [0.5, 0.6) is 0 Å². The summed E-state index contributed by atoms with van der Waals surface area (Å²) < 4.78 is 13.2. The molecule has 0 saturated heterocycles. The van der Waals surface area contributed by atoms with E-state index in [1.807, 2.05) is 0 Å². The number of benzene rings is 1. The lowest BCUT2D eigenvalue weighted by molar-refractivity contribution is -0.385. The van der Waals surface area contributed by atoms with Crippen LogP contribution in [0.3, 0.4) is 0 Å². The van der Waals surface area contributed by atoms with Gasteiger partial charge in [0.25, 0.3) is 11.6 Å². The first-order chi connectivity index (χ1) is 8.89. The number of rotatable bonds is 4. The zero-order chi connectivity index (χ0) is 14.0. The Labute approximate surface area is 121 Å². The van der Waals surface area contributed by atoms with Crippen molar-refractivity contribution in [3.63, 3.8) is 0 Å². The monoisotopic (exact) mass is 303 g/mol. The van der Waals surface area contributed by atoms with Crippen LogP contribution >= 0.6 is 12.4 Å². The van der Waals surface area contributed by atoms with E-state index in [1.54, 1.807) is 0 Å². The van der Waals surface area contributed by atoms with E-state index in [-0.39, 0.29) is 24.5 Å². The van der Waals surface area contributed by atoms with Crippen molar-refractivity contribution < 1.29 is 14.1 Å². The van der Waals surface area contributed by atoms with E-state index in [2.05, 4.69) is 5.32 Å². The molecule has 0 aromatic heterocycles. The number of nitrogens with two attached hydrogens (primary N) is 1. The largest absolute Gasteiger partial charge is 0.350 e. The molecule has 0 bridgehead atoms. The Hall–Kier alpha value is -1.73. The zero-order valence-corrected chi connectivity index (χ0v) is 11.4. The van der Waals surface area contributed by atoms with Crippen LogP contribution in [-0.4, -0.2) is 22.9 Å². The zero-order valence-electron chi connectivity index (χ0n) is 10.6. The minimum Gasteiger partial charge on any atom is -0.350 e. The van der Waals surface area contributed by atoms with Gasteiger partial charge in [0.05, 0.1) is 11.0 Å². The molecule has 1 saturated carbocycles. The third kappa shape index (κ3) is 3.64. The number of carbonyl (C=O) groups excluding carboxylic acids is 1. The second-order valence-electron chi connectivity index (χ2n) is 4.85. The summed E-state index contributed by atoms with van der Waals surface area (Å²) in [7, 11) is 0. The minimum absolute atomic E-state index is 0. The molecule has 2 rings (SSSR count). The van der Waals surface area contributed by atoms with E-state index < -0.39 is 27.9 Å². The van der Waals surface area contributed by atoms with Gasteiger partial charge in [0, 0.05) is 23.7 Å². The molecular weight excluding hydrogens is 289 g/mol. The van der Waals surface area contributed by atoms with E-state index in [0.29, 0.717) is 0 Å². The van der Waals surface area contributed by atoms with Crippen molar-refractivity contribution in [1.29, 1.82) is 0 Å². The van der Waals surface area contributed by atoms with Crippen LogP contribution < -0.4 is 11.1 Å². The average molecular weight is 304 g/mol. The molecule has 6 nitrogen and oxygen atoms in total. The molecule has 1 aliphatic rings. The van der Waals surface area contributed by atoms with E-state index >= 15 is 0 Å². The van der Waals surface area contributed by atoms with Crippen molar-refractivity contribution in [3.05, 3.63) is 39.7 Å². The Balaban J connectivity index is 0.00000200. The number of nitro benzene ring substituents is 1. The Morgan fingerprint density at radius 1 is 1.45 bits per heavy atom. The Morgan fingerprint density at radius 2 is 2.10 bits per heavy atom. The third-order valence-electron chi connectivity index (χ3n) is 3.31. The van der Waals surface area contributed by atoms with Gasteiger partial charge in [-0.15, -0.1) is 12.4 Å². The number of nitro groups is 1. The first-order valence-electron chi connectivity index (χ1n) is 5.92.